The Morgan fingerprint density at radius 3 is 2.00 bits per heavy atom. The molecule has 148 valence electrons. The molecule has 0 radical (unpaired) electrons. The molecule has 1 N–H and O–H groups in total. The summed E-state index contributed by atoms with van der Waals surface area (Å²) in [7, 11) is 3.91. The summed E-state index contributed by atoms with van der Waals surface area (Å²) in [6, 6.07) is 0. The molecule has 6 heteroatoms. The van der Waals surface area contributed by atoms with Gasteiger partial charge in [0.2, 0.25) is 0 Å². The minimum atomic E-state index is -0.599. The normalized spacial score (nSPS) is 11.1. The first kappa shape index (κ1) is 24.2. The predicted molar refractivity (Wildman–Crippen MR) is 107 cm³/mol. The molecule has 0 bridgehead atoms. The quantitative estimate of drug-likeness (QED) is 0.410. The number of nitrogens with zero attached hydrogens (tertiary/aromatic N) is 1. The largest absolute Gasteiger partial charge is 0.446 e. The van der Waals surface area contributed by atoms with Gasteiger partial charge in [0.05, 0.1) is 0 Å². The number of carbonyl (C=O) groups is 2. The molecule has 0 rings (SSSR count). The first-order valence-electron chi connectivity index (χ1n) is 9.78. The summed E-state index contributed by atoms with van der Waals surface area (Å²) >= 11 is 1.12. The van der Waals surface area contributed by atoms with Crippen molar-refractivity contribution in [3.05, 3.63) is 0 Å². The molecule has 0 aliphatic heterocycles. The number of amides is 2. The molecule has 0 aromatic carbocycles. The number of hydrogen-bond donors (Lipinski definition) is 1. The van der Waals surface area contributed by atoms with Gasteiger partial charge in [-0.25, -0.2) is 4.79 Å². The van der Waals surface area contributed by atoms with Gasteiger partial charge in [0.25, 0.3) is 5.24 Å². The van der Waals surface area contributed by atoms with Crippen molar-refractivity contribution < 1.29 is 14.3 Å². The third-order valence-corrected chi connectivity index (χ3v) is 4.76. The third-order valence-electron chi connectivity index (χ3n) is 4.01. The summed E-state index contributed by atoms with van der Waals surface area (Å²) < 4.78 is 5.51. The summed E-state index contributed by atoms with van der Waals surface area (Å²) in [6.45, 7) is 5.17. The van der Waals surface area contributed by atoms with Crippen molar-refractivity contribution in [3.63, 3.8) is 0 Å². The Morgan fingerprint density at radius 2 is 1.52 bits per heavy atom. The van der Waals surface area contributed by atoms with Crippen molar-refractivity contribution in [1.29, 1.82) is 0 Å². The lowest BCUT2D eigenvalue weighted by Gasteiger charge is -2.18. The van der Waals surface area contributed by atoms with Crippen LogP contribution in [0.1, 0.15) is 78.1 Å². The van der Waals surface area contributed by atoms with E-state index >= 15 is 0 Å². The van der Waals surface area contributed by atoms with Crippen LogP contribution in [0.2, 0.25) is 0 Å². The topological polar surface area (TPSA) is 58.6 Å². The standard InChI is InChI=1S/C19H38N2O3S/c1-5-7-9-11-13-17(14-12-10-8-6-2)24-18(22)20-19(23)25-16-15-21(3)4/h17H,5-16H2,1-4H3,(H,20,22,23). The number of ether oxygens (including phenoxy) is 1. The fourth-order valence-corrected chi connectivity index (χ4v) is 3.28. The predicted octanol–water partition coefficient (Wildman–Crippen LogP) is 5.44. The number of thioether (sulfide) groups is 1. The minimum absolute atomic E-state index is 0.0757. The highest BCUT2D eigenvalue weighted by Crippen LogP contribution is 2.16. The molecule has 0 heterocycles. The van der Waals surface area contributed by atoms with E-state index in [4.69, 9.17) is 4.74 Å². The monoisotopic (exact) mass is 374 g/mol. The first-order valence-corrected chi connectivity index (χ1v) is 10.8. The van der Waals surface area contributed by atoms with Crippen molar-refractivity contribution in [2.45, 2.75) is 84.2 Å². The van der Waals surface area contributed by atoms with Crippen LogP contribution in [0.15, 0.2) is 0 Å². The fraction of sp³-hybridized carbons (Fsp3) is 0.895. The number of rotatable bonds is 14. The van der Waals surface area contributed by atoms with Gasteiger partial charge in [-0.05, 0) is 39.8 Å². The van der Waals surface area contributed by atoms with Crippen molar-refractivity contribution in [2.75, 3.05) is 26.4 Å². The van der Waals surface area contributed by atoms with Crippen LogP contribution in [-0.2, 0) is 4.74 Å². The van der Waals surface area contributed by atoms with Gasteiger partial charge in [-0.1, -0.05) is 64.1 Å². The molecule has 2 amide bonds. The van der Waals surface area contributed by atoms with E-state index in [0.29, 0.717) is 5.75 Å². The van der Waals surface area contributed by atoms with E-state index in [9.17, 15) is 9.59 Å². The van der Waals surface area contributed by atoms with Crippen LogP contribution >= 0.6 is 11.8 Å². The van der Waals surface area contributed by atoms with Crippen molar-refractivity contribution in [1.82, 2.24) is 10.2 Å². The Kier molecular flexibility index (Phi) is 16.2. The van der Waals surface area contributed by atoms with E-state index in [2.05, 4.69) is 19.2 Å². The lowest BCUT2D eigenvalue weighted by atomic mass is 10.0. The summed E-state index contributed by atoms with van der Waals surface area (Å²) in [5.41, 5.74) is 0. The van der Waals surface area contributed by atoms with E-state index in [-0.39, 0.29) is 11.3 Å². The van der Waals surface area contributed by atoms with Crippen LogP contribution in [0.4, 0.5) is 9.59 Å². The van der Waals surface area contributed by atoms with Gasteiger partial charge >= 0.3 is 6.09 Å². The molecule has 0 fully saturated rings. The molecule has 5 nitrogen and oxygen atoms in total. The second kappa shape index (κ2) is 16.7. The van der Waals surface area contributed by atoms with Crippen LogP contribution in [-0.4, -0.2) is 48.7 Å². The Labute approximate surface area is 158 Å². The first-order chi connectivity index (χ1) is 12.0. The van der Waals surface area contributed by atoms with E-state index in [0.717, 1.165) is 44.0 Å². The van der Waals surface area contributed by atoms with E-state index < -0.39 is 6.09 Å². The zero-order chi connectivity index (χ0) is 18.9. The summed E-state index contributed by atoms with van der Waals surface area (Å²) in [5.74, 6) is 0.656. The summed E-state index contributed by atoms with van der Waals surface area (Å²) in [4.78, 5) is 25.7. The maximum Gasteiger partial charge on any atom is 0.414 e. The third kappa shape index (κ3) is 16.5. The Balaban J connectivity index is 4.15. The Morgan fingerprint density at radius 1 is 0.960 bits per heavy atom. The van der Waals surface area contributed by atoms with Gasteiger partial charge < -0.3 is 9.64 Å². The summed E-state index contributed by atoms with van der Waals surface area (Å²) in [6.07, 6.45) is 10.4. The smallest absolute Gasteiger partial charge is 0.414 e. The van der Waals surface area contributed by atoms with Crippen molar-refractivity contribution in [3.8, 4) is 0 Å². The molecule has 0 atom stereocenters. The second-order valence-corrected chi connectivity index (χ2v) is 7.86. The molecular formula is C19H38N2O3S. The molecule has 0 aliphatic carbocycles. The molecule has 0 saturated heterocycles. The number of unbranched alkanes of at least 4 members (excludes halogenated alkanes) is 6. The van der Waals surface area contributed by atoms with Crippen LogP contribution in [0.3, 0.4) is 0 Å². The van der Waals surface area contributed by atoms with Gasteiger partial charge in [-0.3, -0.25) is 10.1 Å². The molecule has 0 spiro atoms. The number of imide groups is 1. The second-order valence-electron chi connectivity index (χ2n) is 6.79. The molecular weight excluding hydrogens is 336 g/mol. The van der Waals surface area contributed by atoms with Crippen LogP contribution in [0.25, 0.3) is 0 Å². The number of carbonyl (C=O) groups excluding carboxylic acids is 2. The Hall–Kier alpha value is -0.750. The van der Waals surface area contributed by atoms with Gasteiger partial charge in [0.15, 0.2) is 0 Å². The maximum absolute atomic E-state index is 12.0. The Bertz CT molecular complexity index is 340. The van der Waals surface area contributed by atoms with E-state index in [1.165, 1.54) is 38.5 Å². The van der Waals surface area contributed by atoms with Crippen LogP contribution < -0.4 is 5.32 Å². The van der Waals surface area contributed by atoms with E-state index in [1.54, 1.807) is 0 Å². The number of nitrogens with one attached hydrogen (secondary N) is 1. The van der Waals surface area contributed by atoms with Gasteiger partial charge in [-0.15, -0.1) is 0 Å². The molecule has 0 aromatic heterocycles. The van der Waals surface area contributed by atoms with Crippen molar-refractivity contribution >= 4 is 23.1 Å². The minimum Gasteiger partial charge on any atom is -0.446 e. The maximum atomic E-state index is 12.0. The number of hydrogen-bond acceptors (Lipinski definition) is 5. The molecule has 25 heavy (non-hydrogen) atoms. The highest BCUT2D eigenvalue weighted by Gasteiger charge is 2.16. The molecule has 0 unspecified atom stereocenters. The van der Waals surface area contributed by atoms with Gasteiger partial charge in [-0.2, -0.15) is 0 Å². The average Bonchev–Trinajstić information content (AvgIpc) is 2.54. The van der Waals surface area contributed by atoms with Crippen molar-refractivity contribution in [2.24, 2.45) is 0 Å². The molecule has 0 aliphatic rings. The lowest BCUT2D eigenvalue weighted by Crippen LogP contribution is -2.32. The lowest BCUT2D eigenvalue weighted by molar-refractivity contribution is 0.0869. The SMILES string of the molecule is CCCCCCC(CCCCCC)OC(=O)NC(=O)SCCN(C)C. The number of alkyl carbamates (subject to hydrolysis) is 1. The highest BCUT2D eigenvalue weighted by molar-refractivity contribution is 8.13. The molecule has 0 aromatic rings. The molecule has 0 saturated carbocycles. The average molecular weight is 375 g/mol. The van der Waals surface area contributed by atoms with Gasteiger partial charge in [0, 0.05) is 12.3 Å². The zero-order valence-electron chi connectivity index (χ0n) is 16.6. The van der Waals surface area contributed by atoms with Crippen LogP contribution in [0.5, 0.6) is 0 Å². The fourth-order valence-electron chi connectivity index (χ4n) is 2.48. The van der Waals surface area contributed by atoms with Gasteiger partial charge in [0.1, 0.15) is 6.10 Å². The summed E-state index contributed by atoms with van der Waals surface area (Å²) in [5, 5.41) is 2.00. The van der Waals surface area contributed by atoms with Crippen LogP contribution in [0, 0.1) is 0 Å². The zero-order valence-corrected chi connectivity index (χ0v) is 17.5. The van der Waals surface area contributed by atoms with E-state index in [1.807, 2.05) is 19.0 Å². The highest BCUT2D eigenvalue weighted by atomic mass is 32.2.